The van der Waals surface area contributed by atoms with Gasteiger partial charge in [0.05, 0.1) is 27.4 Å². The lowest BCUT2D eigenvalue weighted by Crippen LogP contribution is -2.30. The molecule has 0 aromatic heterocycles. The molecule has 0 aliphatic carbocycles. The fourth-order valence-corrected chi connectivity index (χ4v) is 5.23. The van der Waals surface area contributed by atoms with Crippen molar-refractivity contribution in [2.75, 3.05) is 34.4 Å². The Bertz CT molecular complexity index is 1070. The highest BCUT2D eigenvalue weighted by Crippen LogP contribution is 2.39. The number of benzene rings is 2. The Hall–Kier alpha value is -2.85. The number of carbonyl (C=O) groups excluding carboxylic acids is 1. The highest BCUT2D eigenvalue weighted by Gasteiger charge is 2.30. The quantitative estimate of drug-likeness (QED) is 0.643. The second-order valence-electron chi connectivity index (χ2n) is 7.41. The number of amides is 1. The minimum absolute atomic E-state index is 0.0449. The van der Waals surface area contributed by atoms with Crippen molar-refractivity contribution in [1.82, 2.24) is 9.62 Å². The maximum absolute atomic E-state index is 14.4. The first kappa shape index (κ1) is 23.8. The van der Waals surface area contributed by atoms with Gasteiger partial charge in [-0.3, -0.25) is 4.79 Å². The highest BCUT2D eigenvalue weighted by molar-refractivity contribution is 7.89. The summed E-state index contributed by atoms with van der Waals surface area (Å²) in [4.78, 5) is 12.3. The standard InChI is InChI=1S/C22H27FN2O6S/c1-14(16-11-18(29-2)21(31-4)19(12-16)30-3)24-22(26)15-7-8-17(23)20(13-15)32(27,28)25-9-5-6-10-25/h7-8,11-14H,5-6,9-10H2,1-4H3,(H,24,26). The Morgan fingerprint density at radius 3 is 2.16 bits per heavy atom. The van der Waals surface area contributed by atoms with Crippen LogP contribution in [0.15, 0.2) is 35.2 Å². The van der Waals surface area contributed by atoms with Crippen molar-refractivity contribution in [2.45, 2.75) is 30.7 Å². The summed E-state index contributed by atoms with van der Waals surface area (Å²) in [5.74, 6) is -0.129. The van der Waals surface area contributed by atoms with E-state index in [2.05, 4.69) is 5.32 Å². The number of rotatable bonds is 8. The summed E-state index contributed by atoms with van der Waals surface area (Å²) in [5.41, 5.74) is 0.725. The van der Waals surface area contributed by atoms with Crippen LogP contribution in [0.3, 0.4) is 0 Å². The van der Waals surface area contributed by atoms with E-state index in [0.717, 1.165) is 25.0 Å². The normalized spacial score (nSPS) is 15.3. The first-order chi connectivity index (χ1) is 15.2. The molecule has 174 valence electrons. The van der Waals surface area contributed by atoms with Crippen LogP contribution < -0.4 is 19.5 Å². The largest absolute Gasteiger partial charge is 0.493 e. The molecule has 1 aliphatic heterocycles. The first-order valence-corrected chi connectivity index (χ1v) is 11.6. The van der Waals surface area contributed by atoms with E-state index in [9.17, 15) is 17.6 Å². The Morgan fingerprint density at radius 1 is 1.03 bits per heavy atom. The topological polar surface area (TPSA) is 94.2 Å². The molecule has 1 fully saturated rings. The monoisotopic (exact) mass is 466 g/mol. The van der Waals surface area contributed by atoms with Gasteiger partial charge in [0.2, 0.25) is 15.8 Å². The van der Waals surface area contributed by atoms with E-state index in [1.807, 2.05) is 0 Å². The zero-order valence-electron chi connectivity index (χ0n) is 18.5. The van der Waals surface area contributed by atoms with Crippen LogP contribution in [0.4, 0.5) is 4.39 Å². The third-order valence-electron chi connectivity index (χ3n) is 5.41. The van der Waals surface area contributed by atoms with Crippen LogP contribution in [0, 0.1) is 5.82 Å². The van der Waals surface area contributed by atoms with Crippen molar-refractivity contribution in [2.24, 2.45) is 0 Å². The Labute approximate surface area is 187 Å². The average molecular weight is 467 g/mol. The summed E-state index contributed by atoms with van der Waals surface area (Å²) < 4.78 is 57.2. The molecule has 8 nitrogen and oxygen atoms in total. The Balaban J connectivity index is 1.86. The van der Waals surface area contributed by atoms with Gasteiger partial charge in [-0.25, -0.2) is 12.8 Å². The summed E-state index contributed by atoms with van der Waals surface area (Å²) in [6, 6.07) is 6.28. The van der Waals surface area contributed by atoms with Gasteiger partial charge in [-0.05, 0) is 55.7 Å². The van der Waals surface area contributed by atoms with Crippen LogP contribution in [0.5, 0.6) is 17.2 Å². The molecule has 1 heterocycles. The van der Waals surface area contributed by atoms with Crippen LogP contribution in [0.1, 0.15) is 41.7 Å². The number of carbonyl (C=O) groups is 1. The molecule has 1 atom stereocenters. The third kappa shape index (κ3) is 4.66. The maximum Gasteiger partial charge on any atom is 0.251 e. The van der Waals surface area contributed by atoms with E-state index >= 15 is 0 Å². The van der Waals surface area contributed by atoms with Gasteiger partial charge >= 0.3 is 0 Å². The average Bonchev–Trinajstić information content (AvgIpc) is 3.34. The molecule has 0 saturated carbocycles. The van der Waals surface area contributed by atoms with Gasteiger partial charge < -0.3 is 19.5 Å². The van der Waals surface area contributed by atoms with E-state index in [-0.39, 0.29) is 5.56 Å². The smallest absolute Gasteiger partial charge is 0.251 e. The molecule has 10 heteroatoms. The van der Waals surface area contributed by atoms with E-state index in [1.54, 1.807) is 19.1 Å². The predicted octanol–water partition coefficient (Wildman–Crippen LogP) is 3.13. The summed E-state index contributed by atoms with van der Waals surface area (Å²) in [5, 5.41) is 2.80. The molecule has 2 aromatic carbocycles. The van der Waals surface area contributed by atoms with Gasteiger partial charge in [-0.15, -0.1) is 0 Å². The number of hydrogen-bond donors (Lipinski definition) is 1. The van der Waals surface area contributed by atoms with E-state index in [0.29, 0.717) is 35.9 Å². The number of nitrogens with one attached hydrogen (secondary N) is 1. The molecular weight excluding hydrogens is 439 g/mol. The van der Waals surface area contributed by atoms with Crippen LogP contribution in [-0.4, -0.2) is 53.0 Å². The molecule has 1 unspecified atom stereocenters. The number of methoxy groups -OCH3 is 3. The molecule has 0 spiro atoms. The predicted molar refractivity (Wildman–Crippen MR) is 116 cm³/mol. The van der Waals surface area contributed by atoms with Crippen molar-refractivity contribution >= 4 is 15.9 Å². The summed E-state index contributed by atoms with van der Waals surface area (Å²) in [7, 11) is 0.476. The zero-order chi connectivity index (χ0) is 23.5. The number of hydrogen-bond acceptors (Lipinski definition) is 6. The van der Waals surface area contributed by atoms with Crippen LogP contribution >= 0.6 is 0 Å². The van der Waals surface area contributed by atoms with Gasteiger partial charge in [0.25, 0.3) is 5.91 Å². The van der Waals surface area contributed by atoms with E-state index in [4.69, 9.17) is 14.2 Å². The number of nitrogens with zero attached hydrogens (tertiary/aromatic N) is 1. The van der Waals surface area contributed by atoms with Gasteiger partial charge in [0, 0.05) is 18.7 Å². The second-order valence-corrected chi connectivity index (χ2v) is 9.32. The molecule has 0 bridgehead atoms. The van der Waals surface area contributed by atoms with Gasteiger partial charge in [0.15, 0.2) is 11.5 Å². The highest BCUT2D eigenvalue weighted by atomic mass is 32.2. The van der Waals surface area contributed by atoms with Gasteiger partial charge in [-0.1, -0.05) is 0 Å². The minimum atomic E-state index is -4.00. The fourth-order valence-electron chi connectivity index (χ4n) is 3.62. The molecule has 0 radical (unpaired) electrons. The van der Waals surface area contributed by atoms with Crippen molar-refractivity contribution in [1.29, 1.82) is 0 Å². The number of halogens is 1. The first-order valence-electron chi connectivity index (χ1n) is 10.1. The fraction of sp³-hybridized carbons (Fsp3) is 0.409. The minimum Gasteiger partial charge on any atom is -0.493 e. The maximum atomic E-state index is 14.4. The van der Waals surface area contributed by atoms with Crippen molar-refractivity contribution < 1.29 is 31.8 Å². The lowest BCUT2D eigenvalue weighted by Gasteiger charge is -2.19. The Kier molecular flexibility index (Phi) is 7.25. The lowest BCUT2D eigenvalue weighted by atomic mass is 10.1. The van der Waals surface area contributed by atoms with Gasteiger partial charge in [0.1, 0.15) is 10.7 Å². The van der Waals surface area contributed by atoms with Gasteiger partial charge in [-0.2, -0.15) is 4.31 Å². The van der Waals surface area contributed by atoms with Crippen LogP contribution in [0.25, 0.3) is 0 Å². The third-order valence-corrected chi connectivity index (χ3v) is 7.32. The van der Waals surface area contributed by atoms with Crippen LogP contribution in [0.2, 0.25) is 0 Å². The van der Waals surface area contributed by atoms with Crippen molar-refractivity contribution in [3.63, 3.8) is 0 Å². The molecule has 32 heavy (non-hydrogen) atoms. The van der Waals surface area contributed by atoms with Crippen molar-refractivity contribution in [3.8, 4) is 17.2 Å². The zero-order valence-corrected chi connectivity index (χ0v) is 19.3. The summed E-state index contributed by atoms with van der Waals surface area (Å²) in [6.07, 6.45) is 1.46. The Morgan fingerprint density at radius 2 is 1.62 bits per heavy atom. The molecule has 3 rings (SSSR count). The summed E-state index contributed by atoms with van der Waals surface area (Å²) in [6.45, 7) is 2.44. The summed E-state index contributed by atoms with van der Waals surface area (Å²) >= 11 is 0. The number of sulfonamides is 1. The number of ether oxygens (including phenoxy) is 3. The molecular formula is C22H27FN2O6S. The lowest BCUT2D eigenvalue weighted by molar-refractivity contribution is 0.0939. The molecule has 1 N–H and O–H groups in total. The van der Waals surface area contributed by atoms with E-state index < -0.39 is 32.7 Å². The molecule has 1 aliphatic rings. The molecule has 2 aromatic rings. The van der Waals surface area contributed by atoms with Crippen LogP contribution in [-0.2, 0) is 10.0 Å². The molecule has 1 amide bonds. The van der Waals surface area contributed by atoms with E-state index in [1.165, 1.54) is 31.7 Å². The molecule has 1 saturated heterocycles. The second kappa shape index (κ2) is 9.74. The van der Waals surface area contributed by atoms with Crippen molar-refractivity contribution in [3.05, 3.63) is 47.3 Å². The SMILES string of the molecule is COc1cc(C(C)NC(=O)c2ccc(F)c(S(=O)(=O)N3CCCC3)c2)cc(OC)c1OC.